The number of carbonyl (C=O) groups excluding carboxylic acids is 3. The van der Waals surface area contributed by atoms with Crippen LogP contribution in [0.4, 0.5) is 10.5 Å². The Hall–Kier alpha value is -4.85. The van der Waals surface area contributed by atoms with Crippen LogP contribution in [-0.4, -0.2) is 54.5 Å². The van der Waals surface area contributed by atoms with Gasteiger partial charge in [0.15, 0.2) is 18.1 Å². The lowest BCUT2D eigenvalue weighted by Crippen LogP contribution is -2.45. The van der Waals surface area contributed by atoms with Gasteiger partial charge < -0.3 is 30.0 Å². The molecule has 2 aromatic carbocycles. The molecular formula is C24H24ClN5O9. The van der Waals surface area contributed by atoms with Crippen molar-refractivity contribution in [1.82, 2.24) is 16.1 Å². The van der Waals surface area contributed by atoms with E-state index in [2.05, 4.69) is 21.2 Å². The number of phenols is 1. The third-order valence-electron chi connectivity index (χ3n) is 5.32. The minimum atomic E-state index is -0.822. The third-order valence-corrected chi connectivity index (χ3v) is 5.54. The van der Waals surface area contributed by atoms with Crippen molar-refractivity contribution in [2.75, 3.05) is 20.3 Å². The van der Waals surface area contributed by atoms with Crippen LogP contribution in [-0.2, 0) is 14.3 Å². The third kappa shape index (κ3) is 6.93. The highest BCUT2D eigenvalue weighted by Crippen LogP contribution is 2.35. The first-order chi connectivity index (χ1) is 18.5. The predicted octanol–water partition coefficient (Wildman–Crippen LogP) is 2.68. The number of halogens is 1. The number of nitro groups is 1. The lowest BCUT2D eigenvalue weighted by Gasteiger charge is -2.28. The summed E-state index contributed by atoms with van der Waals surface area (Å²) in [6.07, 6.45) is 0.992. The molecule has 0 bridgehead atoms. The van der Waals surface area contributed by atoms with Gasteiger partial charge in [0, 0.05) is 22.3 Å². The van der Waals surface area contributed by atoms with E-state index in [1.165, 1.54) is 19.2 Å². The van der Waals surface area contributed by atoms with E-state index >= 15 is 0 Å². The van der Waals surface area contributed by atoms with Gasteiger partial charge in [-0.15, -0.1) is 0 Å². The molecule has 0 unspecified atom stereocenters. The van der Waals surface area contributed by atoms with E-state index in [0.29, 0.717) is 11.3 Å². The number of hydrazone groups is 1. The summed E-state index contributed by atoms with van der Waals surface area (Å²) in [5.41, 5.74) is 2.54. The van der Waals surface area contributed by atoms with Crippen molar-refractivity contribution in [3.63, 3.8) is 0 Å². The van der Waals surface area contributed by atoms with Gasteiger partial charge in [-0.1, -0.05) is 17.7 Å². The molecule has 2 aromatic rings. The number of methoxy groups -OCH3 is 1. The van der Waals surface area contributed by atoms with Crippen LogP contribution >= 0.6 is 11.6 Å². The molecule has 0 aromatic heterocycles. The molecule has 1 aliphatic heterocycles. The summed E-state index contributed by atoms with van der Waals surface area (Å²) >= 11 is 5.82. The number of nitro benzene ring substituents is 1. The zero-order valence-electron chi connectivity index (χ0n) is 20.9. The number of phenolic OH excluding ortho intramolecular Hbond substituents is 1. The smallest absolute Gasteiger partial charge is 0.338 e. The zero-order chi connectivity index (χ0) is 28.7. The van der Waals surface area contributed by atoms with Crippen LogP contribution in [0.3, 0.4) is 0 Å². The summed E-state index contributed by atoms with van der Waals surface area (Å²) in [6.45, 7) is 2.91. The molecule has 15 heteroatoms. The van der Waals surface area contributed by atoms with Gasteiger partial charge in [-0.2, -0.15) is 5.10 Å². The molecule has 1 atom stereocenters. The van der Waals surface area contributed by atoms with Crippen LogP contribution in [0.25, 0.3) is 0 Å². The zero-order valence-corrected chi connectivity index (χ0v) is 21.7. The highest BCUT2D eigenvalue weighted by atomic mass is 35.5. The number of ether oxygens (including phenoxy) is 3. The molecule has 0 saturated carbocycles. The van der Waals surface area contributed by atoms with Crippen molar-refractivity contribution in [2.45, 2.75) is 19.9 Å². The van der Waals surface area contributed by atoms with Crippen molar-refractivity contribution >= 4 is 41.4 Å². The highest BCUT2D eigenvalue weighted by Gasteiger charge is 2.32. The number of amides is 3. The van der Waals surface area contributed by atoms with Crippen LogP contribution in [0.5, 0.6) is 17.2 Å². The fourth-order valence-electron chi connectivity index (χ4n) is 3.60. The fourth-order valence-corrected chi connectivity index (χ4v) is 3.82. The minimum absolute atomic E-state index is 0.00441. The molecule has 0 aliphatic carbocycles. The second-order valence-corrected chi connectivity index (χ2v) is 8.34. The molecule has 0 saturated heterocycles. The first kappa shape index (κ1) is 28.7. The number of carbonyl (C=O) groups is 3. The van der Waals surface area contributed by atoms with Gasteiger partial charge in [-0.3, -0.25) is 14.9 Å². The Labute approximate surface area is 226 Å². The van der Waals surface area contributed by atoms with Crippen LogP contribution in [0, 0.1) is 10.1 Å². The summed E-state index contributed by atoms with van der Waals surface area (Å²) < 4.78 is 16.0. The van der Waals surface area contributed by atoms with E-state index in [4.69, 9.17) is 25.8 Å². The first-order valence-electron chi connectivity index (χ1n) is 11.3. The molecule has 3 amide bonds. The van der Waals surface area contributed by atoms with Crippen LogP contribution in [0.1, 0.15) is 31.0 Å². The normalized spacial score (nSPS) is 14.9. The SMILES string of the molecule is CCOC(=O)C1=C(C)NC(=O)N[C@@H]1c1ccc(OCC(=O)N/N=C\c2cc(Cl)cc([N+](=O)[O-])c2O)c(OC)c1. The van der Waals surface area contributed by atoms with Crippen LogP contribution in [0.2, 0.25) is 5.02 Å². The Kier molecular flexibility index (Phi) is 9.28. The first-order valence-corrected chi connectivity index (χ1v) is 11.7. The largest absolute Gasteiger partial charge is 0.502 e. The van der Waals surface area contributed by atoms with E-state index in [1.807, 2.05) is 0 Å². The van der Waals surface area contributed by atoms with Gasteiger partial charge in [-0.25, -0.2) is 15.0 Å². The van der Waals surface area contributed by atoms with E-state index in [0.717, 1.165) is 12.3 Å². The number of rotatable bonds is 10. The van der Waals surface area contributed by atoms with Gasteiger partial charge in [0.25, 0.3) is 5.91 Å². The summed E-state index contributed by atoms with van der Waals surface area (Å²) in [7, 11) is 1.38. The maximum atomic E-state index is 12.5. The molecule has 14 nitrogen and oxygen atoms in total. The Morgan fingerprint density at radius 3 is 2.69 bits per heavy atom. The molecule has 4 N–H and O–H groups in total. The fraction of sp³-hybridized carbons (Fsp3) is 0.250. The number of nitrogens with one attached hydrogen (secondary N) is 3. The predicted molar refractivity (Wildman–Crippen MR) is 138 cm³/mol. The number of aromatic hydroxyl groups is 1. The topological polar surface area (TPSA) is 191 Å². The maximum Gasteiger partial charge on any atom is 0.338 e. The van der Waals surface area contributed by atoms with Crippen molar-refractivity contribution in [2.24, 2.45) is 5.10 Å². The van der Waals surface area contributed by atoms with E-state index < -0.39 is 46.9 Å². The minimum Gasteiger partial charge on any atom is -0.502 e. The lowest BCUT2D eigenvalue weighted by molar-refractivity contribution is -0.385. The van der Waals surface area contributed by atoms with Crippen molar-refractivity contribution in [1.29, 1.82) is 0 Å². The average molecular weight is 562 g/mol. The number of allylic oxidation sites excluding steroid dienone is 1. The van der Waals surface area contributed by atoms with Crippen molar-refractivity contribution in [3.05, 3.63) is 67.9 Å². The molecule has 0 fully saturated rings. The molecule has 0 radical (unpaired) electrons. The van der Waals surface area contributed by atoms with E-state index in [1.54, 1.807) is 26.0 Å². The number of urea groups is 1. The van der Waals surface area contributed by atoms with Gasteiger partial charge in [0.05, 0.1) is 36.5 Å². The quantitative estimate of drug-likeness (QED) is 0.146. The molecular weight excluding hydrogens is 538 g/mol. The molecule has 39 heavy (non-hydrogen) atoms. The summed E-state index contributed by atoms with van der Waals surface area (Å²) in [4.78, 5) is 47.0. The van der Waals surface area contributed by atoms with Crippen LogP contribution in [0.15, 0.2) is 46.7 Å². The molecule has 1 aliphatic rings. The van der Waals surface area contributed by atoms with Gasteiger partial charge in [0.1, 0.15) is 0 Å². The second kappa shape index (κ2) is 12.6. The Morgan fingerprint density at radius 1 is 1.28 bits per heavy atom. The van der Waals surface area contributed by atoms with Crippen LogP contribution < -0.4 is 25.5 Å². The molecule has 1 heterocycles. The Bertz CT molecular complexity index is 1380. The van der Waals surface area contributed by atoms with Crippen molar-refractivity contribution in [3.8, 4) is 17.2 Å². The van der Waals surface area contributed by atoms with Gasteiger partial charge in [-0.05, 0) is 37.6 Å². The molecule has 206 valence electrons. The monoisotopic (exact) mass is 561 g/mol. The van der Waals surface area contributed by atoms with Gasteiger partial charge in [0.2, 0.25) is 5.75 Å². The summed E-state index contributed by atoms with van der Waals surface area (Å²) in [5.74, 6) is -1.55. The molecule has 0 spiro atoms. The Morgan fingerprint density at radius 2 is 2.03 bits per heavy atom. The van der Waals surface area contributed by atoms with E-state index in [9.17, 15) is 29.6 Å². The number of benzene rings is 2. The molecule has 3 rings (SSSR count). The number of hydrogen-bond acceptors (Lipinski definition) is 10. The summed E-state index contributed by atoms with van der Waals surface area (Å²) in [6, 6.07) is 5.53. The van der Waals surface area contributed by atoms with Crippen molar-refractivity contribution < 1.29 is 38.6 Å². The maximum absolute atomic E-state index is 12.5. The number of hydrogen-bond donors (Lipinski definition) is 4. The summed E-state index contributed by atoms with van der Waals surface area (Å²) in [5, 5.41) is 29.9. The second-order valence-electron chi connectivity index (χ2n) is 7.90. The average Bonchev–Trinajstić information content (AvgIpc) is 2.88. The standard InChI is InChI=1S/C24H24ClN5O9/c1-4-38-23(33)20-12(2)27-24(34)28-21(20)13-5-6-17(18(8-13)37-3)39-11-19(31)29-26-10-14-7-15(25)9-16(22(14)32)30(35)36/h5-10,21,32H,4,11H2,1-3H3,(H,29,31)(H2,27,28,34)/b26-10-/t21-/m1/s1. The Balaban J connectivity index is 1.70. The van der Waals surface area contributed by atoms with Gasteiger partial charge >= 0.3 is 17.7 Å². The number of nitrogens with zero attached hydrogens (tertiary/aromatic N) is 2. The number of esters is 1. The van der Waals surface area contributed by atoms with E-state index in [-0.39, 0.29) is 34.3 Å². The lowest BCUT2D eigenvalue weighted by atomic mass is 9.95. The highest BCUT2D eigenvalue weighted by molar-refractivity contribution is 6.31.